The molecule has 0 spiro atoms. The molecule has 14 nitrogen and oxygen atoms in total. The van der Waals surface area contributed by atoms with E-state index in [-0.39, 0.29) is 36.5 Å². The molecule has 12 atom stereocenters. The topological polar surface area (TPSA) is 183 Å². The molecule has 1 N–H and O–H groups in total. The van der Waals surface area contributed by atoms with Crippen LogP contribution in [0.1, 0.15) is 81.9 Å². The fourth-order valence-corrected chi connectivity index (χ4v) is 11.0. The summed E-state index contributed by atoms with van der Waals surface area (Å²) in [6.07, 6.45) is -8.13. The van der Waals surface area contributed by atoms with Crippen molar-refractivity contribution >= 4 is 45.0 Å². The molecule has 2 saturated carbocycles. The number of fused-ring (bicyclic) bond motifs is 5. The molecular formula is C47H50NO13P. The summed E-state index contributed by atoms with van der Waals surface area (Å²) in [6.45, 7) is 8.73. The van der Waals surface area contributed by atoms with Crippen molar-refractivity contribution in [1.82, 2.24) is 0 Å². The predicted molar refractivity (Wildman–Crippen MR) is 224 cm³/mol. The molecule has 3 aromatic rings. The quantitative estimate of drug-likeness (QED) is 0.122. The molecule has 2 aliphatic heterocycles. The van der Waals surface area contributed by atoms with Gasteiger partial charge in [-0.1, -0.05) is 80.6 Å². The lowest BCUT2D eigenvalue weighted by Gasteiger charge is -2.67. The molecule has 326 valence electrons. The van der Waals surface area contributed by atoms with Crippen molar-refractivity contribution in [2.24, 2.45) is 21.7 Å². The van der Waals surface area contributed by atoms with E-state index in [2.05, 4.69) is 9.47 Å². The minimum Gasteiger partial charge on any atom is -0.459 e. The van der Waals surface area contributed by atoms with E-state index < -0.39 is 100 Å². The van der Waals surface area contributed by atoms with Gasteiger partial charge in [-0.15, -0.1) is 0 Å². The van der Waals surface area contributed by atoms with E-state index in [9.17, 15) is 24.3 Å². The van der Waals surface area contributed by atoms with E-state index in [0.717, 1.165) is 6.92 Å². The first-order valence-corrected chi connectivity index (χ1v) is 21.1. The van der Waals surface area contributed by atoms with Gasteiger partial charge < -0.3 is 38.1 Å². The lowest BCUT2D eigenvalue weighted by Crippen LogP contribution is -2.82. The van der Waals surface area contributed by atoms with Crippen molar-refractivity contribution in [3.63, 3.8) is 0 Å². The highest BCUT2D eigenvalue weighted by atomic mass is 31.0. The lowest BCUT2D eigenvalue weighted by molar-refractivity contribution is -0.343. The SMILES string of the molecule is CC(=O)OC1C(=O)[C@]2(C)C(OP)CC3OC[C@@]3(OC(C)=O)C2C(OC(=O)c2ccccc2)C2(O)CC(OC(=O)[C@@H]3OC(c4ccccc4)=NC3c3ccccc3)C(C)=C1C2(C)C. The van der Waals surface area contributed by atoms with Crippen LogP contribution in [0.4, 0.5) is 0 Å². The third-order valence-corrected chi connectivity index (χ3v) is 14.1. The number of hydrogen-bond acceptors (Lipinski definition) is 14. The van der Waals surface area contributed by atoms with Gasteiger partial charge in [-0.2, -0.15) is 0 Å². The van der Waals surface area contributed by atoms with E-state index in [1.165, 1.54) is 6.92 Å². The maximum absolute atomic E-state index is 15.8. The van der Waals surface area contributed by atoms with Crippen molar-refractivity contribution < 1.29 is 62.0 Å². The summed E-state index contributed by atoms with van der Waals surface area (Å²) in [5.41, 5.74) is -5.29. The Hall–Kier alpha value is -5.27. The number of ether oxygens (including phenoxy) is 6. The molecule has 5 aliphatic rings. The summed E-state index contributed by atoms with van der Waals surface area (Å²) in [6, 6.07) is 25.6. The second kappa shape index (κ2) is 16.1. The molecule has 9 unspecified atom stereocenters. The molecule has 3 aliphatic carbocycles. The molecule has 62 heavy (non-hydrogen) atoms. The Bertz CT molecular complexity index is 2340. The second-order valence-electron chi connectivity index (χ2n) is 17.5. The van der Waals surface area contributed by atoms with Crippen LogP contribution in [-0.2, 0) is 52.1 Å². The van der Waals surface area contributed by atoms with Crippen LogP contribution in [0.2, 0.25) is 0 Å². The average Bonchev–Trinajstić information content (AvgIpc) is 3.70. The number of carbonyl (C=O) groups is 5. The molecule has 0 aromatic heterocycles. The van der Waals surface area contributed by atoms with E-state index in [0.29, 0.717) is 16.7 Å². The van der Waals surface area contributed by atoms with Crippen molar-refractivity contribution in [2.45, 2.75) is 108 Å². The number of carbonyl (C=O) groups excluding carboxylic acids is 5. The molecule has 3 fully saturated rings. The van der Waals surface area contributed by atoms with Gasteiger partial charge in [0.1, 0.15) is 30.0 Å². The maximum atomic E-state index is 15.8. The van der Waals surface area contributed by atoms with Gasteiger partial charge in [0.15, 0.2) is 17.5 Å². The van der Waals surface area contributed by atoms with Crippen LogP contribution in [-0.4, -0.2) is 95.1 Å². The number of hydrogen-bond donors (Lipinski definition) is 1. The minimum atomic E-state index is -2.25. The van der Waals surface area contributed by atoms with Gasteiger partial charge >= 0.3 is 23.9 Å². The van der Waals surface area contributed by atoms with E-state index in [4.69, 9.17) is 37.9 Å². The molecule has 0 radical (unpaired) electrons. The number of aliphatic imine (C=N–C) groups is 1. The van der Waals surface area contributed by atoms with Crippen LogP contribution < -0.4 is 0 Å². The minimum absolute atomic E-state index is 0.0543. The smallest absolute Gasteiger partial charge is 0.350 e. The number of rotatable bonds is 9. The molecular weight excluding hydrogens is 817 g/mol. The van der Waals surface area contributed by atoms with Crippen molar-refractivity contribution in [1.29, 1.82) is 0 Å². The molecule has 15 heteroatoms. The van der Waals surface area contributed by atoms with Gasteiger partial charge in [-0.05, 0) is 54.8 Å². The zero-order valence-corrected chi connectivity index (χ0v) is 36.4. The summed E-state index contributed by atoms with van der Waals surface area (Å²) in [5.74, 6) is -4.98. The summed E-state index contributed by atoms with van der Waals surface area (Å²) in [4.78, 5) is 75.9. The van der Waals surface area contributed by atoms with E-state index >= 15 is 4.79 Å². The Morgan fingerprint density at radius 1 is 0.855 bits per heavy atom. The number of nitrogens with zero attached hydrogens (tertiary/aromatic N) is 1. The molecule has 8 rings (SSSR count). The second-order valence-corrected chi connectivity index (χ2v) is 17.8. The Kier molecular flexibility index (Phi) is 11.3. The third kappa shape index (κ3) is 6.86. The average molecular weight is 868 g/mol. The molecule has 1 saturated heterocycles. The Labute approximate surface area is 361 Å². The van der Waals surface area contributed by atoms with E-state index in [1.54, 1.807) is 58.0 Å². The van der Waals surface area contributed by atoms with Crippen LogP contribution >= 0.6 is 9.47 Å². The van der Waals surface area contributed by atoms with Gasteiger partial charge in [0.05, 0.1) is 29.6 Å². The normalized spacial score (nSPS) is 34.4. The number of aliphatic hydroxyl groups is 1. The first-order chi connectivity index (χ1) is 29.5. The monoisotopic (exact) mass is 867 g/mol. The van der Waals surface area contributed by atoms with Gasteiger partial charge in [-0.25, -0.2) is 14.6 Å². The standard InChI is InChI=1S/C47H50NO13P/c1-25-31(57-43(53)37-35(28-16-10-7-11-17-28)48-41(58-37)29-18-12-8-13-19-29)23-47(54)40(59-42(52)30-20-14-9-15-21-30)38-45(6,39(51)36(56-26(2)49)34(25)44(47,4)5)32(61-62)22-33-46(38,24-55-33)60-27(3)50/h7-21,31-33,35-38,40,54H,22-24,62H2,1-6H3/t31?,32?,33?,35?,36?,37-,38?,40?,45-,46+,47?/m1/s1. The first-order valence-electron chi connectivity index (χ1n) is 20.6. The number of ketones is 1. The number of Topliss-reactive ketones (excluding diaryl/α,β-unsaturated/α-hetero) is 1. The van der Waals surface area contributed by atoms with Gasteiger partial charge in [-0.3, -0.25) is 14.4 Å². The number of esters is 4. The van der Waals surface area contributed by atoms with Crippen LogP contribution in [0, 0.1) is 16.7 Å². The fraction of sp³-hybridized carbons (Fsp3) is 0.447. The highest BCUT2D eigenvalue weighted by molar-refractivity contribution is 7.09. The summed E-state index contributed by atoms with van der Waals surface area (Å²) in [7, 11) is 2.18. The van der Waals surface area contributed by atoms with Gasteiger partial charge in [0, 0.05) is 47.1 Å². The maximum Gasteiger partial charge on any atom is 0.350 e. The molecule has 2 bridgehead atoms. The van der Waals surface area contributed by atoms with E-state index in [1.807, 2.05) is 60.7 Å². The highest BCUT2D eigenvalue weighted by Gasteiger charge is 2.78. The lowest BCUT2D eigenvalue weighted by atomic mass is 9.44. The van der Waals surface area contributed by atoms with Crippen molar-refractivity contribution in [3.05, 3.63) is 119 Å². The largest absolute Gasteiger partial charge is 0.459 e. The first kappa shape index (κ1) is 43.4. The predicted octanol–water partition coefficient (Wildman–Crippen LogP) is 5.60. The fourth-order valence-electron chi connectivity index (χ4n) is 10.6. The van der Waals surface area contributed by atoms with Crippen LogP contribution in [0.3, 0.4) is 0 Å². The van der Waals surface area contributed by atoms with Crippen LogP contribution in [0.5, 0.6) is 0 Å². The summed E-state index contributed by atoms with van der Waals surface area (Å²) < 4.78 is 43.5. The zero-order valence-electron chi connectivity index (χ0n) is 35.3. The Balaban J connectivity index is 1.30. The Morgan fingerprint density at radius 2 is 1.48 bits per heavy atom. The Morgan fingerprint density at radius 3 is 2.06 bits per heavy atom. The summed E-state index contributed by atoms with van der Waals surface area (Å²) >= 11 is 0. The number of benzene rings is 3. The van der Waals surface area contributed by atoms with Gasteiger partial charge in [0.25, 0.3) is 0 Å². The zero-order chi connectivity index (χ0) is 44.4. The molecule has 3 aromatic carbocycles. The molecule has 2 heterocycles. The molecule has 0 amide bonds. The van der Waals surface area contributed by atoms with Crippen molar-refractivity contribution in [3.8, 4) is 0 Å². The van der Waals surface area contributed by atoms with Crippen LogP contribution in [0.25, 0.3) is 0 Å². The summed E-state index contributed by atoms with van der Waals surface area (Å²) in [5, 5.41) is 13.9. The van der Waals surface area contributed by atoms with Gasteiger partial charge in [0.2, 0.25) is 12.0 Å². The third-order valence-electron chi connectivity index (χ3n) is 13.7. The highest BCUT2D eigenvalue weighted by Crippen LogP contribution is 2.65. The van der Waals surface area contributed by atoms with Crippen molar-refractivity contribution in [2.75, 3.05) is 6.61 Å². The van der Waals surface area contributed by atoms with Crippen LogP contribution in [0.15, 0.2) is 107 Å².